The molecule has 2 rings (SSSR count). The van der Waals surface area contributed by atoms with Crippen molar-refractivity contribution in [3.63, 3.8) is 0 Å². The first kappa shape index (κ1) is 11.5. The molecule has 0 spiro atoms. The highest BCUT2D eigenvalue weighted by Gasteiger charge is 2.02. The Morgan fingerprint density at radius 1 is 1.29 bits per heavy atom. The first-order valence-electron chi connectivity index (χ1n) is 5.32. The van der Waals surface area contributed by atoms with Crippen molar-refractivity contribution in [2.24, 2.45) is 0 Å². The van der Waals surface area contributed by atoms with E-state index in [1.807, 2.05) is 24.3 Å². The van der Waals surface area contributed by atoms with E-state index in [0.29, 0.717) is 18.8 Å². The van der Waals surface area contributed by atoms with Crippen molar-refractivity contribution in [2.45, 2.75) is 13.0 Å². The quantitative estimate of drug-likeness (QED) is 0.803. The number of hydrogen-bond donors (Lipinski definition) is 1. The van der Waals surface area contributed by atoms with Gasteiger partial charge in [-0.2, -0.15) is 4.80 Å². The number of aliphatic hydroxyl groups is 1. The van der Waals surface area contributed by atoms with E-state index >= 15 is 0 Å². The second-order valence-electron chi connectivity index (χ2n) is 3.56. The number of aliphatic hydroxyl groups excluding tert-OH is 1. The molecule has 0 fully saturated rings. The van der Waals surface area contributed by atoms with Crippen LogP contribution in [0.15, 0.2) is 24.3 Å². The molecule has 0 amide bonds. The van der Waals surface area contributed by atoms with Crippen LogP contribution < -0.4 is 4.74 Å². The third kappa shape index (κ3) is 3.01. The van der Waals surface area contributed by atoms with Crippen molar-refractivity contribution in [1.82, 2.24) is 20.2 Å². The Morgan fingerprint density at radius 2 is 2.06 bits per heavy atom. The lowest BCUT2D eigenvalue weighted by Gasteiger charge is -2.02. The average Bonchev–Trinajstić information content (AvgIpc) is 2.78. The van der Waals surface area contributed by atoms with Crippen LogP contribution in [0.25, 0.3) is 0 Å². The first-order chi connectivity index (χ1) is 8.31. The van der Waals surface area contributed by atoms with Gasteiger partial charge in [0, 0.05) is 6.42 Å². The van der Waals surface area contributed by atoms with Crippen molar-refractivity contribution in [1.29, 1.82) is 0 Å². The third-order valence-corrected chi connectivity index (χ3v) is 2.31. The average molecular weight is 234 g/mol. The Hall–Kier alpha value is -1.95. The summed E-state index contributed by atoms with van der Waals surface area (Å²) in [5.74, 6) is 1.38. The smallest absolute Gasteiger partial charge is 0.177 e. The molecule has 0 radical (unpaired) electrons. The van der Waals surface area contributed by atoms with Crippen LogP contribution in [0, 0.1) is 0 Å². The van der Waals surface area contributed by atoms with Crippen LogP contribution in [0.2, 0.25) is 0 Å². The molecule has 1 heterocycles. The minimum atomic E-state index is 0.0359. The summed E-state index contributed by atoms with van der Waals surface area (Å²) in [4.78, 5) is 1.51. The first-order valence-corrected chi connectivity index (χ1v) is 5.32. The second kappa shape index (κ2) is 5.40. The number of rotatable bonds is 5. The summed E-state index contributed by atoms with van der Waals surface area (Å²) >= 11 is 0. The van der Waals surface area contributed by atoms with Crippen LogP contribution >= 0.6 is 0 Å². The lowest BCUT2D eigenvalue weighted by atomic mass is 10.2. The standard InChI is InChI=1S/C11H14N4O2/c1-17-10-4-2-9(3-5-10)8-15-13-11(6-7-16)12-14-15/h2-5,16H,6-8H2,1H3. The molecule has 1 aromatic carbocycles. The molecule has 0 aliphatic rings. The number of methoxy groups -OCH3 is 1. The summed E-state index contributed by atoms with van der Waals surface area (Å²) < 4.78 is 5.08. The highest BCUT2D eigenvalue weighted by molar-refractivity contribution is 5.27. The summed E-state index contributed by atoms with van der Waals surface area (Å²) in [5, 5.41) is 20.6. The van der Waals surface area contributed by atoms with Crippen molar-refractivity contribution in [3.05, 3.63) is 35.7 Å². The molecule has 17 heavy (non-hydrogen) atoms. The molecular formula is C11H14N4O2. The Labute approximate surface area is 98.8 Å². The molecule has 90 valence electrons. The van der Waals surface area contributed by atoms with Gasteiger partial charge in [-0.15, -0.1) is 10.2 Å². The molecule has 0 unspecified atom stereocenters. The molecule has 6 heteroatoms. The van der Waals surface area contributed by atoms with Crippen molar-refractivity contribution in [3.8, 4) is 5.75 Å². The summed E-state index contributed by atoms with van der Waals surface area (Å²) in [5.41, 5.74) is 1.07. The van der Waals surface area contributed by atoms with E-state index in [-0.39, 0.29) is 6.61 Å². The Kier molecular flexibility index (Phi) is 3.66. The summed E-state index contributed by atoms with van der Waals surface area (Å²) in [6.45, 7) is 0.594. The van der Waals surface area contributed by atoms with Gasteiger partial charge in [0.05, 0.1) is 20.3 Å². The fourth-order valence-corrected chi connectivity index (χ4v) is 1.44. The summed E-state index contributed by atoms with van der Waals surface area (Å²) in [7, 11) is 1.63. The van der Waals surface area contributed by atoms with Crippen LogP contribution in [0.3, 0.4) is 0 Å². The van der Waals surface area contributed by atoms with E-state index < -0.39 is 0 Å². The predicted molar refractivity (Wildman–Crippen MR) is 60.7 cm³/mol. The molecule has 0 saturated carbocycles. The normalized spacial score (nSPS) is 10.5. The van der Waals surface area contributed by atoms with E-state index in [1.165, 1.54) is 4.80 Å². The number of ether oxygens (including phenoxy) is 1. The summed E-state index contributed by atoms with van der Waals surface area (Å²) in [6, 6.07) is 7.68. The maximum absolute atomic E-state index is 8.75. The van der Waals surface area contributed by atoms with Crippen LogP contribution in [0.4, 0.5) is 0 Å². The zero-order chi connectivity index (χ0) is 12.1. The number of nitrogens with zero attached hydrogens (tertiary/aromatic N) is 4. The minimum Gasteiger partial charge on any atom is -0.497 e. The molecule has 2 aromatic rings. The molecule has 0 saturated heterocycles. The highest BCUT2D eigenvalue weighted by Crippen LogP contribution is 2.11. The van der Waals surface area contributed by atoms with Crippen molar-refractivity contribution < 1.29 is 9.84 Å². The lowest BCUT2D eigenvalue weighted by Crippen LogP contribution is -2.04. The predicted octanol–water partition coefficient (Wildman–Crippen LogP) is 0.265. The third-order valence-electron chi connectivity index (χ3n) is 2.31. The molecule has 0 aliphatic heterocycles. The fourth-order valence-electron chi connectivity index (χ4n) is 1.44. The van der Waals surface area contributed by atoms with E-state index in [0.717, 1.165) is 11.3 Å². The van der Waals surface area contributed by atoms with Gasteiger partial charge in [0.1, 0.15) is 5.75 Å². The van der Waals surface area contributed by atoms with Gasteiger partial charge in [-0.05, 0) is 22.9 Å². The minimum absolute atomic E-state index is 0.0359. The van der Waals surface area contributed by atoms with Gasteiger partial charge < -0.3 is 9.84 Å². The monoisotopic (exact) mass is 234 g/mol. The van der Waals surface area contributed by atoms with Gasteiger partial charge in [0.2, 0.25) is 0 Å². The van der Waals surface area contributed by atoms with E-state index in [2.05, 4.69) is 15.4 Å². The molecular weight excluding hydrogens is 220 g/mol. The number of aromatic nitrogens is 4. The number of hydrogen-bond acceptors (Lipinski definition) is 5. The molecule has 1 aromatic heterocycles. The maximum atomic E-state index is 8.75. The van der Waals surface area contributed by atoms with Gasteiger partial charge in [0.25, 0.3) is 0 Å². The fraction of sp³-hybridized carbons (Fsp3) is 0.364. The van der Waals surface area contributed by atoms with Crippen molar-refractivity contribution in [2.75, 3.05) is 13.7 Å². The van der Waals surface area contributed by atoms with Gasteiger partial charge in [-0.3, -0.25) is 0 Å². The number of tetrazole rings is 1. The second-order valence-corrected chi connectivity index (χ2v) is 3.56. The van der Waals surface area contributed by atoms with Crippen LogP contribution in [-0.2, 0) is 13.0 Å². The molecule has 0 bridgehead atoms. The van der Waals surface area contributed by atoms with Crippen LogP contribution in [0.5, 0.6) is 5.75 Å². The largest absolute Gasteiger partial charge is 0.497 e. The van der Waals surface area contributed by atoms with Crippen LogP contribution in [0.1, 0.15) is 11.4 Å². The van der Waals surface area contributed by atoms with Crippen molar-refractivity contribution >= 4 is 0 Å². The van der Waals surface area contributed by atoms with E-state index in [9.17, 15) is 0 Å². The SMILES string of the molecule is COc1ccc(Cn2nnc(CCO)n2)cc1. The van der Waals surface area contributed by atoms with Gasteiger partial charge in [-0.25, -0.2) is 0 Å². The highest BCUT2D eigenvalue weighted by atomic mass is 16.5. The zero-order valence-electron chi connectivity index (χ0n) is 9.58. The van der Waals surface area contributed by atoms with E-state index in [1.54, 1.807) is 7.11 Å². The Bertz CT molecular complexity index is 467. The molecule has 6 nitrogen and oxygen atoms in total. The Morgan fingerprint density at radius 3 is 2.71 bits per heavy atom. The maximum Gasteiger partial charge on any atom is 0.177 e. The van der Waals surface area contributed by atoms with Gasteiger partial charge in [0.15, 0.2) is 5.82 Å². The Balaban J connectivity index is 2.03. The summed E-state index contributed by atoms with van der Waals surface area (Å²) in [6.07, 6.45) is 0.433. The molecule has 0 aliphatic carbocycles. The molecule has 1 N–H and O–H groups in total. The molecule has 0 atom stereocenters. The van der Waals surface area contributed by atoms with E-state index in [4.69, 9.17) is 9.84 Å². The lowest BCUT2D eigenvalue weighted by molar-refractivity contribution is 0.296. The zero-order valence-corrected chi connectivity index (χ0v) is 9.58. The van der Waals surface area contributed by atoms with Crippen LogP contribution in [-0.4, -0.2) is 39.0 Å². The number of benzene rings is 1. The van der Waals surface area contributed by atoms with Gasteiger partial charge >= 0.3 is 0 Å². The van der Waals surface area contributed by atoms with Gasteiger partial charge in [-0.1, -0.05) is 12.1 Å². The topological polar surface area (TPSA) is 73.1 Å².